The van der Waals surface area contributed by atoms with Crippen molar-refractivity contribution in [3.63, 3.8) is 0 Å². The molecular formula is C11H16N2O4S2. The van der Waals surface area contributed by atoms with Gasteiger partial charge in [-0.1, -0.05) is 6.92 Å². The Bertz CT molecular complexity index is 581. The van der Waals surface area contributed by atoms with Crippen LogP contribution >= 0.6 is 11.3 Å². The molecule has 1 heterocycles. The van der Waals surface area contributed by atoms with Crippen molar-refractivity contribution in [3.05, 3.63) is 11.2 Å². The number of hydrogen-bond acceptors (Lipinski definition) is 6. The van der Waals surface area contributed by atoms with E-state index in [-0.39, 0.29) is 9.90 Å². The van der Waals surface area contributed by atoms with E-state index >= 15 is 0 Å². The van der Waals surface area contributed by atoms with Crippen molar-refractivity contribution in [2.45, 2.75) is 17.6 Å². The molecule has 2 rings (SSSR count). The maximum atomic E-state index is 12.4. The predicted octanol–water partition coefficient (Wildman–Crippen LogP) is 1.21. The smallest absolute Gasteiger partial charge is 0.358 e. The summed E-state index contributed by atoms with van der Waals surface area (Å²) in [6, 6.07) is 0. The number of methoxy groups -OCH3 is 1. The van der Waals surface area contributed by atoms with E-state index in [0.717, 1.165) is 17.8 Å². The van der Waals surface area contributed by atoms with Crippen LogP contribution < -0.4 is 0 Å². The number of rotatable bonds is 5. The highest BCUT2D eigenvalue weighted by Crippen LogP contribution is 2.39. The van der Waals surface area contributed by atoms with Crippen molar-refractivity contribution in [2.24, 2.45) is 11.8 Å². The number of esters is 1. The van der Waals surface area contributed by atoms with E-state index in [1.807, 2.05) is 0 Å². The van der Waals surface area contributed by atoms with Gasteiger partial charge < -0.3 is 4.74 Å². The molecule has 106 valence electrons. The molecule has 0 bridgehead atoms. The Hall–Kier alpha value is -0.990. The lowest BCUT2D eigenvalue weighted by Crippen LogP contribution is -2.29. The zero-order valence-corrected chi connectivity index (χ0v) is 12.6. The largest absolute Gasteiger partial charge is 0.464 e. The van der Waals surface area contributed by atoms with Crippen LogP contribution in [-0.2, 0) is 14.8 Å². The summed E-state index contributed by atoms with van der Waals surface area (Å²) in [5.41, 5.74) is 1.20. The molecular weight excluding hydrogens is 288 g/mol. The Balaban J connectivity index is 2.24. The molecule has 0 radical (unpaired) electrons. The summed E-state index contributed by atoms with van der Waals surface area (Å²) in [5.74, 6) is 0.251. The van der Waals surface area contributed by atoms with Crippen LogP contribution in [-0.4, -0.2) is 44.4 Å². The van der Waals surface area contributed by atoms with Gasteiger partial charge in [0.25, 0.3) is 10.0 Å². The predicted molar refractivity (Wildman–Crippen MR) is 70.5 cm³/mol. The van der Waals surface area contributed by atoms with Gasteiger partial charge in [-0.2, -0.15) is 4.31 Å². The minimum Gasteiger partial charge on any atom is -0.464 e. The van der Waals surface area contributed by atoms with Crippen LogP contribution in [0.15, 0.2) is 9.72 Å². The lowest BCUT2D eigenvalue weighted by molar-refractivity contribution is 0.0590. The molecule has 0 aromatic carbocycles. The molecule has 1 saturated carbocycles. The Labute approximate surface area is 116 Å². The molecule has 1 aliphatic rings. The molecule has 0 spiro atoms. The van der Waals surface area contributed by atoms with Gasteiger partial charge in [0.15, 0.2) is 9.90 Å². The van der Waals surface area contributed by atoms with Gasteiger partial charge in [0, 0.05) is 13.6 Å². The first-order valence-corrected chi connectivity index (χ1v) is 8.18. The van der Waals surface area contributed by atoms with Crippen molar-refractivity contribution in [2.75, 3.05) is 20.7 Å². The molecule has 19 heavy (non-hydrogen) atoms. The maximum Gasteiger partial charge on any atom is 0.358 e. The molecule has 2 atom stereocenters. The third-order valence-electron chi connectivity index (χ3n) is 3.33. The van der Waals surface area contributed by atoms with E-state index in [0.29, 0.717) is 18.4 Å². The fraction of sp³-hybridized carbons (Fsp3) is 0.636. The standard InChI is InChI=1S/C11H16N2O4S2/c1-7-4-8(7)5-13(2)19(15,16)11-9(10(14)17-3)12-6-18-11/h6-8H,4-5H2,1-3H3. The summed E-state index contributed by atoms with van der Waals surface area (Å²) in [5, 5.41) is 0. The normalized spacial score (nSPS) is 22.5. The number of thiazole rings is 1. The lowest BCUT2D eigenvalue weighted by Gasteiger charge is -2.16. The van der Waals surface area contributed by atoms with Crippen molar-refractivity contribution < 1.29 is 17.9 Å². The minimum absolute atomic E-state index is 0.0462. The van der Waals surface area contributed by atoms with Gasteiger partial charge in [-0.15, -0.1) is 11.3 Å². The molecule has 8 heteroatoms. The van der Waals surface area contributed by atoms with Crippen molar-refractivity contribution in [3.8, 4) is 0 Å². The molecule has 1 aliphatic carbocycles. The summed E-state index contributed by atoms with van der Waals surface area (Å²) in [4.78, 5) is 15.3. The average molecular weight is 304 g/mol. The van der Waals surface area contributed by atoms with Gasteiger partial charge in [-0.05, 0) is 18.3 Å². The van der Waals surface area contributed by atoms with E-state index in [9.17, 15) is 13.2 Å². The summed E-state index contributed by atoms with van der Waals surface area (Å²) in [6.07, 6.45) is 1.05. The Morgan fingerprint density at radius 2 is 2.26 bits per heavy atom. The zero-order valence-electron chi connectivity index (χ0n) is 11.0. The third-order valence-corrected chi connectivity index (χ3v) is 6.50. The van der Waals surface area contributed by atoms with Crippen molar-refractivity contribution in [1.82, 2.24) is 9.29 Å². The first-order valence-electron chi connectivity index (χ1n) is 5.86. The molecule has 6 nitrogen and oxygen atoms in total. The summed E-state index contributed by atoms with van der Waals surface area (Å²) in [6.45, 7) is 2.57. The minimum atomic E-state index is -3.67. The first kappa shape index (κ1) is 14.4. The van der Waals surface area contributed by atoms with Gasteiger partial charge in [-0.25, -0.2) is 18.2 Å². The number of carbonyl (C=O) groups is 1. The van der Waals surface area contributed by atoms with Crippen LogP contribution in [0, 0.1) is 11.8 Å². The highest BCUT2D eigenvalue weighted by Gasteiger charge is 2.38. The number of sulfonamides is 1. The Morgan fingerprint density at radius 3 is 2.79 bits per heavy atom. The lowest BCUT2D eigenvalue weighted by atomic mass is 10.3. The summed E-state index contributed by atoms with van der Waals surface area (Å²) >= 11 is 0.935. The van der Waals surface area contributed by atoms with Gasteiger partial charge in [-0.3, -0.25) is 0 Å². The molecule has 1 aromatic rings. The van der Waals surface area contributed by atoms with Gasteiger partial charge >= 0.3 is 5.97 Å². The van der Waals surface area contributed by atoms with Gasteiger partial charge in [0.05, 0.1) is 12.6 Å². The SMILES string of the molecule is COC(=O)c1ncsc1S(=O)(=O)N(C)CC1CC1C. The highest BCUT2D eigenvalue weighted by atomic mass is 32.2. The van der Waals surface area contributed by atoms with Crippen LogP contribution in [0.3, 0.4) is 0 Å². The van der Waals surface area contributed by atoms with Crippen molar-refractivity contribution >= 4 is 27.3 Å². The van der Waals surface area contributed by atoms with E-state index in [1.54, 1.807) is 0 Å². The van der Waals surface area contributed by atoms with Crippen LogP contribution in [0.1, 0.15) is 23.8 Å². The molecule has 1 aromatic heterocycles. The molecule has 2 unspecified atom stereocenters. The second kappa shape index (κ2) is 5.18. The number of hydrogen-bond donors (Lipinski definition) is 0. The number of ether oxygens (including phenoxy) is 1. The maximum absolute atomic E-state index is 12.4. The average Bonchev–Trinajstić information content (AvgIpc) is 2.87. The second-order valence-electron chi connectivity index (χ2n) is 4.74. The molecule has 1 fully saturated rings. The number of aromatic nitrogens is 1. The number of carbonyl (C=O) groups excluding carboxylic acids is 1. The van der Waals surface area contributed by atoms with E-state index < -0.39 is 16.0 Å². The second-order valence-corrected chi connectivity index (χ2v) is 7.83. The fourth-order valence-corrected chi connectivity index (χ4v) is 4.42. The number of nitrogens with zero attached hydrogens (tertiary/aromatic N) is 2. The Morgan fingerprint density at radius 1 is 1.63 bits per heavy atom. The van der Waals surface area contributed by atoms with Crippen molar-refractivity contribution in [1.29, 1.82) is 0 Å². The topological polar surface area (TPSA) is 76.6 Å². The molecule has 0 amide bonds. The Kier molecular flexibility index (Phi) is 3.93. The van der Waals surface area contributed by atoms with E-state index in [4.69, 9.17) is 0 Å². The van der Waals surface area contributed by atoms with Gasteiger partial charge in [0.2, 0.25) is 0 Å². The highest BCUT2D eigenvalue weighted by molar-refractivity contribution is 7.91. The van der Waals surface area contributed by atoms with Gasteiger partial charge in [0.1, 0.15) is 0 Å². The van der Waals surface area contributed by atoms with Crippen LogP contribution in [0.25, 0.3) is 0 Å². The van der Waals surface area contributed by atoms with E-state index in [2.05, 4.69) is 16.6 Å². The molecule has 0 aliphatic heterocycles. The van der Waals surface area contributed by atoms with Crippen LogP contribution in [0.2, 0.25) is 0 Å². The molecule has 0 saturated heterocycles. The monoisotopic (exact) mass is 304 g/mol. The van der Waals surface area contributed by atoms with Crippen LogP contribution in [0.4, 0.5) is 0 Å². The quantitative estimate of drug-likeness (QED) is 0.764. The third kappa shape index (κ3) is 2.80. The fourth-order valence-electron chi connectivity index (χ4n) is 1.87. The summed E-state index contributed by atoms with van der Waals surface area (Å²) in [7, 11) is -0.940. The van der Waals surface area contributed by atoms with Crippen LogP contribution in [0.5, 0.6) is 0 Å². The van der Waals surface area contributed by atoms with E-state index in [1.165, 1.54) is 24.0 Å². The zero-order chi connectivity index (χ0) is 14.2. The molecule has 0 N–H and O–H groups in total. The first-order chi connectivity index (χ1) is 8.87. The summed E-state index contributed by atoms with van der Waals surface area (Å²) < 4.78 is 30.6.